The molecule has 0 aliphatic rings. The molecule has 0 aliphatic heterocycles. The van der Waals surface area contributed by atoms with Crippen molar-refractivity contribution in [1.29, 1.82) is 0 Å². The van der Waals surface area contributed by atoms with Crippen LogP contribution in [0, 0.1) is 0 Å². The third kappa shape index (κ3) is 4.17. The number of benzene rings is 2. The second-order valence-electron chi connectivity index (χ2n) is 6.14. The number of pyridine rings is 1. The Morgan fingerprint density at radius 3 is 2.64 bits per heavy atom. The normalized spacial score (nSPS) is 12.3. The molecule has 1 atom stereocenters. The first-order valence-corrected chi connectivity index (χ1v) is 10.2. The van der Waals surface area contributed by atoms with E-state index < -0.39 is 22.0 Å². The fourth-order valence-corrected chi connectivity index (χ4v) is 3.79. The van der Waals surface area contributed by atoms with Crippen LogP contribution in [-0.2, 0) is 14.8 Å². The molecule has 8 heteroatoms. The van der Waals surface area contributed by atoms with Crippen LogP contribution in [0.3, 0.4) is 0 Å². The molecule has 28 heavy (non-hydrogen) atoms. The van der Waals surface area contributed by atoms with Crippen molar-refractivity contribution in [2.75, 3.05) is 4.72 Å². The number of carbonyl (C=O) groups excluding carboxylic acids is 2. The first kappa shape index (κ1) is 19.5. The molecular weight excluding hydrogens is 378 g/mol. The second kappa shape index (κ2) is 8.18. The van der Waals surface area contributed by atoms with Crippen molar-refractivity contribution < 1.29 is 18.0 Å². The van der Waals surface area contributed by atoms with E-state index in [2.05, 4.69) is 15.0 Å². The molecule has 0 radical (unpaired) electrons. The predicted octanol–water partition coefficient (Wildman–Crippen LogP) is 2.74. The number of rotatable bonds is 7. The van der Waals surface area contributed by atoms with Crippen LogP contribution in [0.5, 0.6) is 0 Å². The third-order valence-corrected chi connectivity index (χ3v) is 5.57. The van der Waals surface area contributed by atoms with Crippen LogP contribution in [0.15, 0.2) is 65.7 Å². The minimum absolute atomic E-state index is 0.0627. The Labute approximate surface area is 162 Å². The first-order valence-electron chi connectivity index (χ1n) is 8.67. The van der Waals surface area contributed by atoms with Gasteiger partial charge in [-0.2, -0.15) is 0 Å². The molecule has 2 aromatic carbocycles. The number of hydrogen-bond acceptors (Lipinski definition) is 5. The van der Waals surface area contributed by atoms with Crippen molar-refractivity contribution in [2.45, 2.75) is 24.3 Å². The van der Waals surface area contributed by atoms with E-state index in [1.807, 2.05) is 12.1 Å². The Morgan fingerprint density at radius 2 is 1.89 bits per heavy atom. The van der Waals surface area contributed by atoms with Gasteiger partial charge in [-0.25, -0.2) is 8.42 Å². The SMILES string of the molecule is CCC(C=O)NC(=O)c1cccc(S(=O)(=O)Nc2cccc3cccnc23)c1. The number of anilines is 1. The van der Waals surface area contributed by atoms with Crippen molar-refractivity contribution >= 4 is 38.8 Å². The number of sulfonamides is 1. The highest BCUT2D eigenvalue weighted by Crippen LogP contribution is 2.24. The van der Waals surface area contributed by atoms with Gasteiger partial charge in [0.2, 0.25) is 0 Å². The summed E-state index contributed by atoms with van der Waals surface area (Å²) in [7, 11) is -3.94. The summed E-state index contributed by atoms with van der Waals surface area (Å²) in [4.78, 5) is 27.4. The zero-order valence-electron chi connectivity index (χ0n) is 15.1. The summed E-state index contributed by atoms with van der Waals surface area (Å²) >= 11 is 0. The lowest BCUT2D eigenvalue weighted by Crippen LogP contribution is -2.35. The van der Waals surface area contributed by atoms with Gasteiger partial charge in [-0.15, -0.1) is 0 Å². The summed E-state index contributed by atoms with van der Waals surface area (Å²) in [5.74, 6) is -0.511. The van der Waals surface area contributed by atoms with Gasteiger partial charge in [0.05, 0.1) is 22.1 Å². The van der Waals surface area contributed by atoms with E-state index in [0.29, 0.717) is 23.9 Å². The average Bonchev–Trinajstić information content (AvgIpc) is 2.72. The van der Waals surface area contributed by atoms with E-state index in [4.69, 9.17) is 0 Å². The fraction of sp³-hybridized carbons (Fsp3) is 0.150. The second-order valence-corrected chi connectivity index (χ2v) is 7.82. The maximum Gasteiger partial charge on any atom is 0.261 e. The van der Waals surface area contributed by atoms with E-state index in [1.165, 1.54) is 24.3 Å². The maximum absolute atomic E-state index is 12.8. The van der Waals surface area contributed by atoms with Crippen LogP contribution >= 0.6 is 0 Å². The number of aromatic nitrogens is 1. The molecule has 0 saturated heterocycles. The minimum atomic E-state index is -3.94. The van der Waals surface area contributed by atoms with Gasteiger partial charge in [0.15, 0.2) is 0 Å². The Balaban J connectivity index is 1.90. The zero-order chi connectivity index (χ0) is 20.1. The van der Waals surface area contributed by atoms with E-state index in [1.54, 1.807) is 31.3 Å². The highest BCUT2D eigenvalue weighted by atomic mass is 32.2. The van der Waals surface area contributed by atoms with E-state index in [-0.39, 0.29) is 10.5 Å². The molecule has 0 saturated carbocycles. The molecule has 0 spiro atoms. The van der Waals surface area contributed by atoms with Crippen LogP contribution in [0.2, 0.25) is 0 Å². The molecule has 0 fully saturated rings. The lowest BCUT2D eigenvalue weighted by molar-refractivity contribution is -0.109. The van der Waals surface area contributed by atoms with E-state index >= 15 is 0 Å². The fourth-order valence-electron chi connectivity index (χ4n) is 2.68. The van der Waals surface area contributed by atoms with Crippen LogP contribution in [0.25, 0.3) is 10.9 Å². The third-order valence-electron chi connectivity index (χ3n) is 4.20. The van der Waals surface area contributed by atoms with Gasteiger partial charge in [0, 0.05) is 17.1 Å². The van der Waals surface area contributed by atoms with Crippen molar-refractivity contribution in [3.63, 3.8) is 0 Å². The van der Waals surface area contributed by atoms with Gasteiger partial charge in [-0.1, -0.05) is 31.2 Å². The van der Waals surface area contributed by atoms with Gasteiger partial charge in [-0.05, 0) is 36.8 Å². The van der Waals surface area contributed by atoms with Crippen molar-refractivity contribution in [3.8, 4) is 0 Å². The summed E-state index contributed by atoms with van der Waals surface area (Å²) in [6.07, 6.45) is 2.68. The Bertz CT molecular complexity index is 1120. The monoisotopic (exact) mass is 397 g/mol. The molecule has 2 N–H and O–H groups in total. The molecule has 0 aliphatic carbocycles. The number of carbonyl (C=O) groups is 2. The number of fused-ring (bicyclic) bond motifs is 1. The molecule has 0 bridgehead atoms. The quantitative estimate of drug-likeness (QED) is 0.597. The largest absolute Gasteiger partial charge is 0.343 e. The number of nitrogens with zero attached hydrogens (tertiary/aromatic N) is 1. The van der Waals surface area contributed by atoms with Crippen LogP contribution < -0.4 is 10.0 Å². The van der Waals surface area contributed by atoms with E-state index in [9.17, 15) is 18.0 Å². The maximum atomic E-state index is 12.8. The smallest absolute Gasteiger partial charge is 0.261 e. The van der Waals surface area contributed by atoms with E-state index in [0.717, 1.165) is 5.39 Å². The summed E-state index contributed by atoms with van der Waals surface area (Å²) < 4.78 is 28.2. The highest BCUT2D eigenvalue weighted by molar-refractivity contribution is 7.92. The number of hydrogen-bond donors (Lipinski definition) is 2. The Kier molecular flexibility index (Phi) is 5.70. The van der Waals surface area contributed by atoms with Gasteiger partial charge in [-0.3, -0.25) is 14.5 Å². The molecular formula is C20H19N3O4S. The lowest BCUT2D eigenvalue weighted by atomic mass is 10.2. The topological polar surface area (TPSA) is 105 Å². The summed E-state index contributed by atoms with van der Waals surface area (Å²) in [6.45, 7) is 1.77. The van der Waals surface area contributed by atoms with Crippen molar-refractivity contribution in [1.82, 2.24) is 10.3 Å². The number of nitrogens with one attached hydrogen (secondary N) is 2. The summed E-state index contributed by atoms with van der Waals surface area (Å²) in [5, 5.41) is 3.35. The van der Waals surface area contributed by atoms with Crippen LogP contribution in [0.4, 0.5) is 5.69 Å². The molecule has 3 rings (SSSR count). The molecule has 3 aromatic rings. The van der Waals surface area contributed by atoms with Crippen molar-refractivity contribution in [3.05, 3.63) is 66.4 Å². The Hall–Kier alpha value is -3.26. The standard InChI is InChI=1S/C20H19N3O4S/c1-2-16(13-24)22-20(25)15-7-3-9-17(12-15)28(26,27)23-18-10-4-6-14-8-5-11-21-19(14)18/h3-13,16,23H,2H2,1H3,(H,22,25). The number of aldehydes is 1. The molecule has 1 aromatic heterocycles. The first-order chi connectivity index (χ1) is 13.4. The number of amides is 1. The van der Waals surface area contributed by atoms with Crippen molar-refractivity contribution in [2.24, 2.45) is 0 Å². The minimum Gasteiger partial charge on any atom is -0.343 e. The number of para-hydroxylation sites is 1. The molecule has 1 heterocycles. The summed E-state index contributed by atoms with van der Waals surface area (Å²) in [6, 6.07) is 13.8. The molecule has 144 valence electrons. The van der Waals surface area contributed by atoms with Gasteiger partial charge >= 0.3 is 0 Å². The van der Waals surface area contributed by atoms with Gasteiger partial charge in [0.1, 0.15) is 6.29 Å². The summed E-state index contributed by atoms with van der Waals surface area (Å²) in [5.41, 5.74) is 1.03. The Morgan fingerprint density at radius 1 is 1.14 bits per heavy atom. The predicted molar refractivity (Wildman–Crippen MR) is 107 cm³/mol. The van der Waals surface area contributed by atoms with Gasteiger partial charge in [0.25, 0.3) is 15.9 Å². The van der Waals surface area contributed by atoms with Gasteiger partial charge < -0.3 is 10.1 Å². The van der Waals surface area contributed by atoms with Crippen LogP contribution in [-0.4, -0.2) is 31.6 Å². The lowest BCUT2D eigenvalue weighted by Gasteiger charge is -2.12. The zero-order valence-corrected chi connectivity index (χ0v) is 15.9. The molecule has 1 amide bonds. The van der Waals surface area contributed by atoms with Crippen LogP contribution in [0.1, 0.15) is 23.7 Å². The highest BCUT2D eigenvalue weighted by Gasteiger charge is 2.19. The average molecular weight is 397 g/mol. The molecule has 1 unspecified atom stereocenters. The molecule has 7 nitrogen and oxygen atoms in total.